The van der Waals surface area contributed by atoms with Crippen molar-refractivity contribution in [2.24, 2.45) is 0 Å². The van der Waals surface area contributed by atoms with Crippen LogP contribution in [0.3, 0.4) is 0 Å². The minimum Gasteiger partial charge on any atom is -0.481 e. The topological polar surface area (TPSA) is 68.5 Å². The van der Waals surface area contributed by atoms with Gasteiger partial charge in [-0.2, -0.15) is 0 Å². The van der Waals surface area contributed by atoms with Crippen LogP contribution in [0.1, 0.15) is 12.5 Å². The molecule has 0 saturated carbocycles. The van der Waals surface area contributed by atoms with Crippen molar-refractivity contribution in [1.82, 2.24) is 0 Å². The molecular formula is C23H19NO4. The number of rotatable bonds is 4. The van der Waals surface area contributed by atoms with E-state index in [4.69, 9.17) is 9.15 Å². The predicted molar refractivity (Wildman–Crippen MR) is 110 cm³/mol. The molecule has 5 nitrogen and oxygen atoms in total. The summed E-state index contributed by atoms with van der Waals surface area (Å²) >= 11 is 0. The van der Waals surface area contributed by atoms with Gasteiger partial charge in [0.1, 0.15) is 11.3 Å². The van der Waals surface area contributed by atoms with Crippen molar-refractivity contribution in [3.05, 3.63) is 82.7 Å². The molecule has 4 aromatic rings. The third kappa shape index (κ3) is 3.47. The van der Waals surface area contributed by atoms with Gasteiger partial charge >= 0.3 is 5.63 Å². The number of amides is 1. The van der Waals surface area contributed by atoms with Crippen molar-refractivity contribution in [3.8, 4) is 5.75 Å². The van der Waals surface area contributed by atoms with E-state index in [0.29, 0.717) is 11.3 Å². The first-order chi connectivity index (χ1) is 13.5. The van der Waals surface area contributed by atoms with Gasteiger partial charge < -0.3 is 14.5 Å². The quantitative estimate of drug-likeness (QED) is 0.528. The number of hydrogen-bond donors (Lipinski definition) is 1. The normalized spacial score (nSPS) is 12.1. The van der Waals surface area contributed by atoms with E-state index in [1.807, 2.05) is 55.5 Å². The Hall–Kier alpha value is -3.60. The number of fused-ring (bicyclic) bond motifs is 2. The highest BCUT2D eigenvalue weighted by atomic mass is 16.5. The monoisotopic (exact) mass is 373 g/mol. The zero-order chi connectivity index (χ0) is 19.7. The van der Waals surface area contributed by atoms with Crippen LogP contribution in [0.2, 0.25) is 0 Å². The minimum atomic E-state index is -0.729. The van der Waals surface area contributed by atoms with Crippen molar-refractivity contribution < 1.29 is 13.9 Å². The number of carbonyl (C=O) groups is 1. The zero-order valence-corrected chi connectivity index (χ0v) is 15.6. The van der Waals surface area contributed by atoms with Crippen LogP contribution in [0.25, 0.3) is 21.7 Å². The Balaban J connectivity index is 1.54. The smallest absolute Gasteiger partial charge is 0.336 e. The van der Waals surface area contributed by atoms with Crippen molar-refractivity contribution in [2.45, 2.75) is 20.0 Å². The van der Waals surface area contributed by atoms with Crippen molar-refractivity contribution >= 4 is 33.3 Å². The summed E-state index contributed by atoms with van der Waals surface area (Å²) in [4.78, 5) is 24.2. The van der Waals surface area contributed by atoms with Gasteiger partial charge in [-0.15, -0.1) is 0 Å². The molecule has 140 valence electrons. The standard InChI is InChI=1S/C23H19NO4/c1-14-12-22(25)28-21-13-17(10-11-18(14)21)27-15(2)23(26)24-20-9-5-7-16-6-3-4-8-19(16)20/h3-13,15H,1-2H3,(H,24,26)/t15-/m1/s1. The summed E-state index contributed by atoms with van der Waals surface area (Å²) in [6, 6.07) is 20.3. The molecule has 0 bridgehead atoms. The Morgan fingerprint density at radius 1 is 1.00 bits per heavy atom. The molecule has 3 aromatic carbocycles. The molecule has 28 heavy (non-hydrogen) atoms. The third-order valence-electron chi connectivity index (χ3n) is 4.65. The molecule has 0 spiro atoms. The van der Waals surface area contributed by atoms with Crippen LogP contribution in [0, 0.1) is 6.92 Å². The van der Waals surface area contributed by atoms with Gasteiger partial charge in [0, 0.05) is 28.6 Å². The van der Waals surface area contributed by atoms with Crippen molar-refractivity contribution in [1.29, 1.82) is 0 Å². The Labute approximate surface area is 161 Å². The molecule has 0 radical (unpaired) electrons. The second-order valence-electron chi connectivity index (χ2n) is 6.68. The van der Waals surface area contributed by atoms with Crippen LogP contribution in [0.5, 0.6) is 5.75 Å². The van der Waals surface area contributed by atoms with E-state index < -0.39 is 11.7 Å². The van der Waals surface area contributed by atoms with E-state index in [1.165, 1.54) is 6.07 Å². The van der Waals surface area contributed by atoms with Gasteiger partial charge in [-0.05, 0) is 43.0 Å². The van der Waals surface area contributed by atoms with E-state index >= 15 is 0 Å². The second-order valence-corrected chi connectivity index (χ2v) is 6.68. The Morgan fingerprint density at radius 3 is 2.64 bits per heavy atom. The lowest BCUT2D eigenvalue weighted by Gasteiger charge is -2.16. The number of aryl methyl sites for hydroxylation is 1. The molecule has 5 heteroatoms. The summed E-state index contributed by atoms with van der Waals surface area (Å²) in [5, 5.41) is 5.77. The first-order valence-corrected chi connectivity index (χ1v) is 9.01. The minimum absolute atomic E-state index is 0.262. The van der Waals surface area contributed by atoms with E-state index in [9.17, 15) is 9.59 Å². The lowest BCUT2D eigenvalue weighted by Crippen LogP contribution is -2.30. The number of nitrogens with one attached hydrogen (secondary N) is 1. The Bertz CT molecular complexity index is 1240. The maximum absolute atomic E-state index is 12.6. The molecule has 0 aliphatic rings. The van der Waals surface area contributed by atoms with Gasteiger partial charge in [0.2, 0.25) is 0 Å². The largest absolute Gasteiger partial charge is 0.481 e. The first-order valence-electron chi connectivity index (χ1n) is 9.01. The number of carbonyl (C=O) groups excluding carboxylic acids is 1. The molecule has 0 saturated heterocycles. The maximum Gasteiger partial charge on any atom is 0.336 e. The van der Waals surface area contributed by atoms with Crippen molar-refractivity contribution in [2.75, 3.05) is 5.32 Å². The summed E-state index contributed by atoms with van der Waals surface area (Å²) in [5.41, 5.74) is 1.59. The number of benzene rings is 3. The molecule has 1 heterocycles. The molecule has 0 aliphatic carbocycles. The number of ether oxygens (including phenoxy) is 1. The number of hydrogen-bond acceptors (Lipinski definition) is 4. The third-order valence-corrected chi connectivity index (χ3v) is 4.65. The average Bonchev–Trinajstić information content (AvgIpc) is 2.67. The predicted octanol–water partition coefficient (Wildman–Crippen LogP) is 4.66. The van der Waals surface area contributed by atoms with Crippen molar-refractivity contribution in [3.63, 3.8) is 0 Å². The van der Waals surface area contributed by atoms with Gasteiger partial charge in [-0.3, -0.25) is 4.79 Å². The molecule has 1 atom stereocenters. The van der Waals surface area contributed by atoms with Crippen LogP contribution in [-0.2, 0) is 4.79 Å². The summed E-state index contributed by atoms with van der Waals surface area (Å²) < 4.78 is 11.0. The average molecular weight is 373 g/mol. The molecule has 1 aromatic heterocycles. The van der Waals surface area contributed by atoms with Crippen LogP contribution in [-0.4, -0.2) is 12.0 Å². The molecule has 0 aliphatic heterocycles. The van der Waals surface area contributed by atoms with Crippen LogP contribution in [0.4, 0.5) is 5.69 Å². The van der Waals surface area contributed by atoms with E-state index in [0.717, 1.165) is 27.4 Å². The molecule has 0 unspecified atom stereocenters. The summed E-state index contributed by atoms with van der Waals surface area (Å²) in [6.45, 7) is 3.52. The fraction of sp³-hybridized carbons (Fsp3) is 0.130. The van der Waals surface area contributed by atoms with Gasteiger partial charge in [0.05, 0.1) is 0 Å². The fourth-order valence-electron chi connectivity index (χ4n) is 3.20. The van der Waals surface area contributed by atoms with Crippen LogP contribution in [0.15, 0.2) is 75.9 Å². The summed E-state index contributed by atoms with van der Waals surface area (Å²) in [5.74, 6) is 0.198. The highest BCUT2D eigenvalue weighted by Crippen LogP contribution is 2.25. The van der Waals surface area contributed by atoms with E-state index in [1.54, 1.807) is 19.1 Å². The van der Waals surface area contributed by atoms with Gasteiger partial charge in [-0.25, -0.2) is 4.79 Å². The van der Waals surface area contributed by atoms with E-state index in [-0.39, 0.29) is 5.91 Å². The molecule has 1 amide bonds. The Kier molecular flexibility index (Phi) is 4.57. The van der Waals surface area contributed by atoms with Gasteiger partial charge in [-0.1, -0.05) is 36.4 Å². The zero-order valence-electron chi connectivity index (χ0n) is 15.6. The fourth-order valence-corrected chi connectivity index (χ4v) is 3.20. The lowest BCUT2D eigenvalue weighted by atomic mass is 10.1. The summed E-state index contributed by atoms with van der Waals surface area (Å²) in [6.07, 6.45) is -0.729. The van der Waals surface area contributed by atoms with Gasteiger partial charge in [0.15, 0.2) is 6.10 Å². The van der Waals surface area contributed by atoms with Gasteiger partial charge in [0.25, 0.3) is 5.91 Å². The molecule has 1 N–H and O–H groups in total. The SMILES string of the molecule is Cc1cc(=O)oc2cc(O[C@H](C)C(=O)Nc3cccc4ccccc34)ccc12. The molecule has 0 fully saturated rings. The van der Waals surface area contributed by atoms with Crippen LogP contribution < -0.4 is 15.7 Å². The highest BCUT2D eigenvalue weighted by Gasteiger charge is 2.16. The molecule has 4 rings (SSSR count). The van der Waals surface area contributed by atoms with E-state index in [2.05, 4.69) is 5.32 Å². The molecular weight excluding hydrogens is 354 g/mol. The first kappa shape index (κ1) is 17.8. The maximum atomic E-state index is 12.6. The number of anilines is 1. The lowest BCUT2D eigenvalue weighted by molar-refractivity contribution is -0.122. The second kappa shape index (κ2) is 7.19. The summed E-state index contributed by atoms with van der Waals surface area (Å²) in [7, 11) is 0. The highest BCUT2D eigenvalue weighted by molar-refractivity contribution is 6.03. The Morgan fingerprint density at radius 2 is 1.79 bits per heavy atom. The van der Waals surface area contributed by atoms with Crippen LogP contribution >= 0.6 is 0 Å².